The number of anilines is 1. The summed E-state index contributed by atoms with van der Waals surface area (Å²) in [5.74, 6) is 0.627. The molecule has 0 bridgehead atoms. The molecule has 0 spiro atoms. The molecule has 7 nitrogen and oxygen atoms in total. The number of H-pyrrole nitrogens is 1. The van der Waals surface area contributed by atoms with Gasteiger partial charge in [0.1, 0.15) is 5.75 Å². The molecule has 3 rings (SSSR count). The molecule has 0 saturated heterocycles. The standard InChI is InChI=1S/C11H8ClN5O2/c12-7-5-6(13)1-2-8(7)19-10-4-3-9-14-15-11(18)17(9)16-10/h1-5H,13H2,(H,15,18). The van der Waals surface area contributed by atoms with E-state index in [9.17, 15) is 4.79 Å². The molecule has 2 aromatic heterocycles. The number of nitrogens with zero attached hydrogens (tertiary/aromatic N) is 3. The van der Waals surface area contributed by atoms with Crippen LogP contribution in [-0.2, 0) is 0 Å². The minimum atomic E-state index is -0.441. The fraction of sp³-hybridized carbons (Fsp3) is 0. The van der Waals surface area contributed by atoms with Crippen LogP contribution in [0, 0.1) is 0 Å². The smallest absolute Gasteiger partial charge is 0.364 e. The van der Waals surface area contributed by atoms with Crippen LogP contribution in [0.1, 0.15) is 0 Å². The topological polar surface area (TPSA) is 98.3 Å². The lowest BCUT2D eigenvalue weighted by atomic mass is 10.3. The van der Waals surface area contributed by atoms with Gasteiger partial charge >= 0.3 is 5.69 Å². The summed E-state index contributed by atoms with van der Waals surface area (Å²) in [6.07, 6.45) is 0. The minimum absolute atomic E-state index is 0.225. The molecule has 96 valence electrons. The molecule has 2 heterocycles. The van der Waals surface area contributed by atoms with Gasteiger partial charge in [-0.15, -0.1) is 5.10 Å². The largest absolute Gasteiger partial charge is 0.436 e. The summed E-state index contributed by atoms with van der Waals surface area (Å²) in [4.78, 5) is 11.4. The van der Waals surface area contributed by atoms with Gasteiger partial charge < -0.3 is 10.5 Å². The van der Waals surface area contributed by atoms with Gasteiger partial charge in [-0.2, -0.15) is 9.61 Å². The molecule has 0 saturated carbocycles. The van der Waals surface area contributed by atoms with E-state index in [1.807, 2.05) is 0 Å². The highest BCUT2D eigenvalue weighted by atomic mass is 35.5. The highest BCUT2D eigenvalue weighted by Gasteiger charge is 2.07. The highest BCUT2D eigenvalue weighted by molar-refractivity contribution is 6.32. The molecule has 0 amide bonds. The Morgan fingerprint density at radius 2 is 2.16 bits per heavy atom. The Balaban J connectivity index is 2.00. The van der Waals surface area contributed by atoms with Crippen LogP contribution in [0.15, 0.2) is 35.1 Å². The van der Waals surface area contributed by atoms with Crippen LogP contribution >= 0.6 is 11.6 Å². The third kappa shape index (κ3) is 2.11. The minimum Gasteiger partial charge on any atom is -0.436 e. The molecule has 0 fully saturated rings. The average molecular weight is 278 g/mol. The average Bonchev–Trinajstić information content (AvgIpc) is 2.75. The predicted octanol–water partition coefficient (Wildman–Crippen LogP) is 1.45. The van der Waals surface area contributed by atoms with Gasteiger partial charge in [-0.1, -0.05) is 11.6 Å². The van der Waals surface area contributed by atoms with Crippen molar-refractivity contribution in [2.45, 2.75) is 0 Å². The Morgan fingerprint density at radius 1 is 1.32 bits per heavy atom. The molecule has 0 radical (unpaired) electrons. The number of hydrogen-bond acceptors (Lipinski definition) is 5. The van der Waals surface area contributed by atoms with Gasteiger partial charge in [0.25, 0.3) is 0 Å². The Hall–Kier alpha value is -2.54. The summed E-state index contributed by atoms with van der Waals surface area (Å²) < 4.78 is 6.59. The predicted molar refractivity (Wildman–Crippen MR) is 69.5 cm³/mol. The zero-order chi connectivity index (χ0) is 13.4. The Labute approximate surface area is 111 Å². The first-order valence-corrected chi connectivity index (χ1v) is 5.68. The van der Waals surface area contributed by atoms with E-state index in [-0.39, 0.29) is 5.88 Å². The number of hydrogen-bond donors (Lipinski definition) is 2. The maximum atomic E-state index is 11.4. The Morgan fingerprint density at radius 3 is 2.95 bits per heavy atom. The van der Waals surface area contributed by atoms with E-state index in [1.54, 1.807) is 30.3 Å². The van der Waals surface area contributed by atoms with E-state index in [1.165, 1.54) is 0 Å². The van der Waals surface area contributed by atoms with Crippen LogP contribution in [-0.4, -0.2) is 19.8 Å². The van der Waals surface area contributed by atoms with Crippen molar-refractivity contribution >= 4 is 22.9 Å². The third-order valence-electron chi connectivity index (χ3n) is 2.42. The molecule has 0 unspecified atom stereocenters. The first-order valence-electron chi connectivity index (χ1n) is 5.31. The Kier molecular flexibility index (Phi) is 2.60. The van der Waals surface area contributed by atoms with E-state index in [4.69, 9.17) is 22.1 Å². The summed E-state index contributed by atoms with van der Waals surface area (Å²) in [6, 6.07) is 8.04. The number of nitrogen functional groups attached to an aromatic ring is 1. The van der Waals surface area contributed by atoms with E-state index >= 15 is 0 Å². The van der Waals surface area contributed by atoms with Crippen LogP contribution in [0.4, 0.5) is 5.69 Å². The zero-order valence-electron chi connectivity index (χ0n) is 9.50. The van der Waals surface area contributed by atoms with Crippen molar-refractivity contribution in [3.05, 3.63) is 45.8 Å². The number of nitrogens with two attached hydrogens (primary N) is 1. The van der Waals surface area contributed by atoms with E-state index in [0.29, 0.717) is 22.1 Å². The van der Waals surface area contributed by atoms with E-state index in [0.717, 1.165) is 4.52 Å². The van der Waals surface area contributed by atoms with Crippen molar-refractivity contribution < 1.29 is 4.74 Å². The molecule has 0 aliphatic rings. The quantitative estimate of drug-likeness (QED) is 0.691. The highest BCUT2D eigenvalue weighted by Crippen LogP contribution is 2.29. The number of aromatic amines is 1. The van der Waals surface area contributed by atoms with Crippen LogP contribution < -0.4 is 16.2 Å². The molecular weight excluding hydrogens is 270 g/mol. The van der Waals surface area contributed by atoms with Gasteiger partial charge in [0.05, 0.1) is 5.02 Å². The molecule has 3 N–H and O–H groups in total. The SMILES string of the molecule is Nc1ccc(Oc2ccc3n[nH]c(=O)n3n2)c(Cl)c1. The second-order valence-electron chi connectivity index (χ2n) is 3.76. The van der Waals surface area contributed by atoms with Crippen molar-refractivity contribution in [2.24, 2.45) is 0 Å². The fourth-order valence-electron chi connectivity index (χ4n) is 1.55. The molecule has 1 aromatic carbocycles. The number of ether oxygens (including phenoxy) is 1. The van der Waals surface area contributed by atoms with Crippen molar-refractivity contribution in [1.29, 1.82) is 0 Å². The fourth-order valence-corrected chi connectivity index (χ4v) is 1.78. The molecule has 0 atom stereocenters. The van der Waals surface area contributed by atoms with Crippen LogP contribution in [0.5, 0.6) is 11.6 Å². The van der Waals surface area contributed by atoms with Gasteiger partial charge in [-0.05, 0) is 24.3 Å². The van der Waals surface area contributed by atoms with Gasteiger partial charge in [0.2, 0.25) is 5.88 Å². The summed E-state index contributed by atoms with van der Waals surface area (Å²) in [7, 11) is 0. The van der Waals surface area contributed by atoms with Gasteiger partial charge in [0.15, 0.2) is 5.65 Å². The van der Waals surface area contributed by atoms with Crippen molar-refractivity contribution in [2.75, 3.05) is 5.73 Å². The number of halogens is 1. The summed E-state index contributed by atoms with van der Waals surface area (Å²) in [6.45, 7) is 0. The lowest BCUT2D eigenvalue weighted by Gasteiger charge is -2.06. The van der Waals surface area contributed by atoms with Crippen molar-refractivity contribution in [3.63, 3.8) is 0 Å². The second kappa shape index (κ2) is 4.29. The number of fused-ring (bicyclic) bond motifs is 1. The number of nitrogens with one attached hydrogen (secondary N) is 1. The molecule has 8 heteroatoms. The number of benzene rings is 1. The number of rotatable bonds is 2. The van der Waals surface area contributed by atoms with Crippen LogP contribution in [0.3, 0.4) is 0 Å². The lowest BCUT2D eigenvalue weighted by Crippen LogP contribution is -2.12. The van der Waals surface area contributed by atoms with E-state index in [2.05, 4.69) is 15.3 Å². The van der Waals surface area contributed by atoms with Crippen LogP contribution in [0.2, 0.25) is 5.02 Å². The van der Waals surface area contributed by atoms with Gasteiger partial charge in [-0.25, -0.2) is 9.89 Å². The molecule has 0 aliphatic carbocycles. The molecule has 3 aromatic rings. The van der Waals surface area contributed by atoms with Crippen molar-refractivity contribution in [3.8, 4) is 11.6 Å². The number of aromatic nitrogens is 4. The van der Waals surface area contributed by atoms with Crippen LogP contribution in [0.25, 0.3) is 5.65 Å². The zero-order valence-corrected chi connectivity index (χ0v) is 10.3. The van der Waals surface area contributed by atoms with Gasteiger partial charge in [-0.3, -0.25) is 0 Å². The monoisotopic (exact) mass is 277 g/mol. The molecule has 0 aliphatic heterocycles. The summed E-state index contributed by atoms with van der Waals surface area (Å²) >= 11 is 5.99. The van der Waals surface area contributed by atoms with Gasteiger partial charge in [0, 0.05) is 11.8 Å². The van der Waals surface area contributed by atoms with E-state index < -0.39 is 5.69 Å². The maximum absolute atomic E-state index is 11.4. The third-order valence-corrected chi connectivity index (χ3v) is 2.71. The first-order chi connectivity index (χ1) is 9.13. The molecular formula is C11H8ClN5O2. The molecule has 19 heavy (non-hydrogen) atoms. The van der Waals surface area contributed by atoms with Crippen molar-refractivity contribution in [1.82, 2.24) is 19.8 Å². The summed E-state index contributed by atoms with van der Waals surface area (Å²) in [5.41, 5.74) is 6.08. The lowest BCUT2D eigenvalue weighted by molar-refractivity contribution is 0.452. The summed E-state index contributed by atoms with van der Waals surface area (Å²) in [5, 5.41) is 10.4. The second-order valence-corrected chi connectivity index (χ2v) is 4.17. The normalized spacial score (nSPS) is 10.8. The Bertz CT molecular complexity index is 810. The first kappa shape index (κ1) is 11.5. The maximum Gasteiger partial charge on any atom is 0.364 e.